The van der Waals surface area contributed by atoms with Crippen molar-refractivity contribution >= 4 is 22.6 Å². The first-order chi connectivity index (χ1) is 16.8. The molecular weight excluding hydrogens is 426 g/mol. The summed E-state index contributed by atoms with van der Waals surface area (Å²) in [5.74, 6) is 0.872. The molecular formula is C27H33N5O2. The molecule has 3 heterocycles. The maximum absolute atomic E-state index is 12.9. The Balaban J connectivity index is 1.08. The van der Waals surface area contributed by atoms with Crippen LogP contribution in [0.15, 0.2) is 54.7 Å². The summed E-state index contributed by atoms with van der Waals surface area (Å²) < 4.78 is 5.96. The number of carbonyl (C=O) groups is 1. The molecule has 178 valence electrons. The first kappa shape index (κ1) is 22.6. The average molecular weight is 460 g/mol. The highest BCUT2D eigenvalue weighted by atomic mass is 16.5. The number of fused-ring (bicyclic) bond motifs is 1. The van der Waals surface area contributed by atoms with Crippen molar-refractivity contribution in [3.63, 3.8) is 0 Å². The van der Waals surface area contributed by atoms with Gasteiger partial charge in [-0.05, 0) is 68.8 Å². The van der Waals surface area contributed by atoms with Gasteiger partial charge >= 0.3 is 0 Å². The monoisotopic (exact) mass is 459 g/mol. The highest BCUT2D eigenvalue weighted by Crippen LogP contribution is 2.22. The van der Waals surface area contributed by atoms with E-state index in [-0.39, 0.29) is 5.91 Å². The van der Waals surface area contributed by atoms with Crippen LogP contribution in [0.3, 0.4) is 0 Å². The molecule has 0 saturated carbocycles. The van der Waals surface area contributed by atoms with Gasteiger partial charge in [0, 0.05) is 38.4 Å². The van der Waals surface area contributed by atoms with Crippen molar-refractivity contribution in [3.8, 4) is 5.75 Å². The van der Waals surface area contributed by atoms with E-state index in [0.717, 1.165) is 49.4 Å². The molecule has 7 heteroatoms. The second kappa shape index (κ2) is 10.8. The predicted octanol–water partition coefficient (Wildman–Crippen LogP) is 3.85. The van der Waals surface area contributed by atoms with E-state index in [9.17, 15) is 4.79 Å². The van der Waals surface area contributed by atoms with Crippen LogP contribution in [0.25, 0.3) is 11.0 Å². The number of piperazine rings is 1. The molecule has 0 bridgehead atoms. The Morgan fingerprint density at radius 2 is 1.59 bits per heavy atom. The van der Waals surface area contributed by atoms with Gasteiger partial charge in [0.05, 0.1) is 23.8 Å². The van der Waals surface area contributed by atoms with Gasteiger partial charge in [0.25, 0.3) is 5.91 Å². The number of piperidine rings is 1. The summed E-state index contributed by atoms with van der Waals surface area (Å²) in [6.07, 6.45) is 6.70. The lowest BCUT2D eigenvalue weighted by molar-refractivity contribution is 0.0741. The molecule has 1 aromatic heterocycles. The number of hydrogen-bond acceptors (Lipinski definition) is 6. The molecule has 2 saturated heterocycles. The number of anilines is 1. The number of hydrogen-bond donors (Lipinski definition) is 0. The molecule has 2 fully saturated rings. The molecule has 3 aromatic rings. The lowest BCUT2D eigenvalue weighted by atomic mass is 10.1. The molecule has 0 atom stereocenters. The van der Waals surface area contributed by atoms with Crippen LogP contribution in [0, 0.1) is 0 Å². The molecule has 5 rings (SSSR count). The largest absolute Gasteiger partial charge is 0.494 e. The van der Waals surface area contributed by atoms with Crippen molar-refractivity contribution < 1.29 is 9.53 Å². The van der Waals surface area contributed by atoms with Crippen LogP contribution in [0.1, 0.15) is 36.2 Å². The number of para-hydroxylation sites is 2. The quantitative estimate of drug-likeness (QED) is 0.500. The summed E-state index contributed by atoms with van der Waals surface area (Å²) in [5.41, 5.74) is 3.13. The zero-order valence-electron chi connectivity index (χ0n) is 19.7. The van der Waals surface area contributed by atoms with E-state index in [1.165, 1.54) is 38.0 Å². The van der Waals surface area contributed by atoms with Crippen LogP contribution in [0.4, 0.5) is 5.69 Å². The smallest absolute Gasteiger partial charge is 0.274 e. The SMILES string of the molecule is O=C(c1cnc2ccccc2n1)N1CCN(c2ccc(OCCCN3CCCCC3)cc2)CC1. The molecule has 34 heavy (non-hydrogen) atoms. The molecule has 0 spiro atoms. The van der Waals surface area contributed by atoms with Gasteiger partial charge < -0.3 is 19.4 Å². The zero-order chi connectivity index (χ0) is 23.2. The fourth-order valence-electron chi connectivity index (χ4n) is 4.80. The van der Waals surface area contributed by atoms with Crippen molar-refractivity contribution in [2.24, 2.45) is 0 Å². The Bertz CT molecular complexity index is 1090. The third-order valence-electron chi connectivity index (χ3n) is 6.77. The first-order valence-corrected chi connectivity index (χ1v) is 12.5. The van der Waals surface area contributed by atoms with Gasteiger partial charge in [0.1, 0.15) is 11.4 Å². The molecule has 0 N–H and O–H groups in total. The van der Waals surface area contributed by atoms with Gasteiger partial charge in [-0.2, -0.15) is 0 Å². The standard InChI is InChI=1S/C27H33N5O2/c33-27(26-21-28-24-7-2-3-8-25(24)29-26)32-18-16-31(17-19-32)22-9-11-23(12-10-22)34-20-6-15-30-13-4-1-5-14-30/h2-3,7-12,21H,1,4-6,13-20H2. The molecule has 2 aromatic carbocycles. The fourth-order valence-corrected chi connectivity index (χ4v) is 4.80. The van der Waals surface area contributed by atoms with Gasteiger partial charge in [-0.3, -0.25) is 9.78 Å². The lowest BCUT2D eigenvalue weighted by Gasteiger charge is -2.36. The Morgan fingerprint density at radius 1 is 0.853 bits per heavy atom. The highest BCUT2D eigenvalue weighted by molar-refractivity contribution is 5.94. The Hall–Kier alpha value is -3.19. The third-order valence-corrected chi connectivity index (χ3v) is 6.77. The topological polar surface area (TPSA) is 61.8 Å². The molecule has 2 aliphatic rings. The van der Waals surface area contributed by atoms with Crippen LogP contribution >= 0.6 is 0 Å². The number of carbonyl (C=O) groups excluding carboxylic acids is 1. The van der Waals surface area contributed by atoms with E-state index in [1.807, 2.05) is 29.2 Å². The van der Waals surface area contributed by atoms with E-state index in [4.69, 9.17) is 4.74 Å². The van der Waals surface area contributed by atoms with Gasteiger partial charge in [-0.1, -0.05) is 18.6 Å². The van der Waals surface area contributed by atoms with Gasteiger partial charge in [-0.15, -0.1) is 0 Å². The number of rotatable bonds is 7. The van der Waals surface area contributed by atoms with Crippen molar-refractivity contribution in [3.05, 3.63) is 60.4 Å². The maximum atomic E-state index is 12.9. The van der Waals surface area contributed by atoms with Crippen molar-refractivity contribution in [2.75, 3.05) is 57.3 Å². The molecule has 2 aliphatic heterocycles. The van der Waals surface area contributed by atoms with E-state index in [0.29, 0.717) is 18.8 Å². The average Bonchev–Trinajstić information content (AvgIpc) is 2.91. The van der Waals surface area contributed by atoms with Crippen LogP contribution in [-0.2, 0) is 0 Å². The van der Waals surface area contributed by atoms with Crippen LogP contribution < -0.4 is 9.64 Å². The minimum absolute atomic E-state index is 0.0498. The molecule has 0 radical (unpaired) electrons. The molecule has 0 aliphatic carbocycles. The number of aromatic nitrogens is 2. The Labute approximate surface area is 201 Å². The number of nitrogens with zero attached hydrogens (tertiary/aromatic N) is 5. The predicted molar refractivity (Wildman–Crippen MR) is 134 cm³/mol. The lowest BCUT2D eigenvalue weighted by Crippen LogP contribution is -2.49. The summed E-state index contributed by atoms with van der Waals surface area (Å²) in [4.78, 5) is 28.6. The molecule has 0 unspecified atom stereocenters. The van der Waals surface area contributed by atoms with E-state index >= 15 is 0 Å². The summed E-state index contributed by atoms with van der Waals surface area (Å²) in [7, 11) is 0. The van der Waals surface area contributed by atoms with Crippen LogP contribution in [0.5, 0.6) is 5.75 Å². The number of amides is 1. The van der Waals surface area contributed by atoms with Gasteiger partial charge in [-0.25, -0.2) is 4.98 Å². The summed E-state index contributed by atoms with van der Waals surface area (Å²) in [5, 5.41) is 0. The Morgan fingerprint density at radius 3 is 2.35 bits per heavy atom. The van der Waals surface area contributed by atoms with Crippen LogP contribution in [-0.4, -0.2) is 78.1 Å². The number of likely N-dealkylation sites (tertiary alicyclic amines) is 1. The molecule has 7 nitrogen and oxygen atoms in total. The highest BCUT2D eigenvalue weighted by Gasteiger charge is 2.23. The van der Waals surface area contributed by atoms with Crippen molar-refractivity contribution in [1.82, 2.24) is 19.8 Å². The van der Waals surface area contributed by atoms with Crippen molar-refractivity contribution in [2.45, 2.75) is 25.7 Å². The zero-order valence-corrected chi connectivity index (χ0v) is 19.7. The van der Waals surface area contributed by atoms with E-state index < -0.39 is 0 Å². The van der Waals surface area contributed by atoms with E-state index in [2.05, 4.69) is 44.0 Å². The number of benzene rings is 2. The molecule has 1 amide bonds. The second-order valence-corrected chi connectivity index (χ2v) is 9.12. The summed E-state index contributed by atoms with van der Waals surface area (Å²) in [6, 6.07) is 16.0. The first-order valence-electron chi connectivity index (χ1n) is 12.5. The minimum Gasteiger partial charge on any atom is -0.494 e. The van der Waals surface area contributed by atoms with Crippen LogP contribution in [0.2, 0.25) is 0 Å². The van der Waals surface area contributed by atoms with Crippen molar-refractivity contribution in [1.29, 1.82) is 0 Å². The fraction of sp³-hybridized carbons (Fsp3) is 0.444. The van der Waals surface area contributed by atoms with Gasteiger partial charge in [0.15, 0.2) is 0 Å². The number of ether oxygens (including phenoxy) is 1. The van der Waals surface area contributed by atoms with Gasteiger partial charge in [0.2, 0.25) is 0 Å². The Kier molecular flexibility index (Phi) is 7.19. The third kappa shape index (κ3) is 5.47. The summed E-state index contributed by atoms with van der Waals surface area (Å²) >= 11 is 0. The second-order valence-electron chi connectivity index (χ2n) is 9.12. The maximum Gasteiger partial charge on any atom is 0.274 e. The van der Waals surface area contributed by atoms with E-state index in [1.54, 1.807) is 6.20 Å². The minimum atomic E-state index is -0.0498. The summed E-state index contributed by atoms with van der Waals surface area (Å²) in [6.45, 7) is 7.29. The normalized spacial score (nSPS) is 17.2.